The van der Waals surface area contributed by atoms with Crippen LogP contribution in [0, 0.1) is 0 Å². The predicted molar refractivity (Wildman–Crippen MR) is 60.4 cm³/mol. The van der Waals surface area contributed by atoms with Gasteiger partial charge in [-0.1, -0.05) is 18.2 Å². The summed E-state index contributed by atoms with van der Waals surface area (Å²) in [4.78, 5) is 11.4. The molecule has 0 saturated heterocycles. The molecule has 1 aliphatic heterocycles. The number of rotatable bonds is 3. The zero-order valence-electron chi connectivity index (χ0n) is 9.23. The lowest BCUT2D eigenvalue weighted by Crippen LogP contribution is -2.15. The highest BCUT2D eigenvalue weighted by atomic mass is 16.5. The quantitative estimate of drug-likeness (QED) is 0.729. The van der Waals surface area contributed by atoms with Crippen LogP contribution >= 0.6 is 0 Å². The minimum Gasteiger partial charge on any atom is -0.497 e. The van der Waals surface area contributed by atoms with Crippen LogP contribution in [0.25, 0.3) is 0 Å². The van der Waals surface area contributed by atoms with Crippen molar-refractivity contribution in [2.75, 3.05) is 13.7 Å². The Morgan fingerprint density at radius 1 is 1.31 bits per heavy atom. The molecular weight excluding hydrogens is 204 g/mol. The standard InChI is InChI=1S/C13H14O3/c1-15-12-6-4-10(5-7-12)9-11-3-2-8-16-13(11)14/h3-7H,2,8-9H2,1H3. The van der Waals surface area contributed by atoms with Crippen molar-refractivity contribution < 1.29 is 14.3 Å². The molecule has 1 aliphatic rings. The first-order valence-electron chi connectivity index (χ1n) is 5.28. The molecule has 0 amide bonds. The first-order valence-corrected chi connectivity index (χ1v) is 5.28. The summed E-state index contributed by atoms with van der Waals surface area (Å²) in [5.41, 5.74) is 1.84. The van der Waals surface area contributed by atoms with Crippen LogP contribution in [0.15, 0.2) is 35.9 Å². The Labute approximate surface area is 94.7 Å². The van der Waals surface area contributed by atoms with Gasteiger partial charge in [0.1, 0.15) is 5.75 Å². The number of cyclic esters (lactones) is 1. The Bertz CT molecular complexity index is 404. The van der Waals surface area contributed by atoms with E-state index < -0.39 is 0 Å². The molecular formula is C13H14O3. The molecule has 0 bridgehead atoms. The average molecular weight is 218 g/mol. The van der Waals surface area contributed by atoms with Gasteiger partial charge in [-0.3, -0.25) is 0 Å². The molecule has 1 aromatic rings. The monoisotopic (exact) mass is 218 g/mol. The van der Waals surface area contributed by atoms with E-state index in [1.165, 1.54) is 0 Å². The maximum atomic E-state index is 11.4. The van der Waals surface area contributed by atoms with Crippen molar-refractivity contribution in [3.8, 4) is 5.75 Å². The Kier molecular flexibility index (Phi) is 3.25. The van der Waals surface area contributed by atoms with Gasteiger partial charge in [0.15, 0.2) is 0 Å². The lowest BCUT2D eigenvalue weighted by atomic mass is 10.0. The zero-order valence-corrected chi connectivity index (χ0v) is 9.23. The molecule has 0 saturated carbocycles. The second-order valence-corrected chi connectivity index (χ2v) is 3.68. The number of carbonyl (C=O) groups is 1. The molecule has 0 radical (unpaired) electrons. The van der Waals surface area contributed by atoms with Gasteiger partial charge in [-0.05, 0) is 17.7 Å². The third-order valence-corrected chi connectivity index (χ3v) is 2.56. The summed E-state index contributed by atoms with van der Waals surface area (Å²) in [5, 5.41) is 0. The van der Waals surface area contributed by atoms with Crippen LogP contribution in [0.5, 0.6) is 5.75 Å². The van der Waals surface area contributed by atoms with Gasteiger partial charge in [0.25, 0.3) is 0 Å². The molecule has 3 nitrogen and oxygen atoms in total. The van der Waals surface area contributed by atoms with Gasteiger partial charge in [-0.25, -0.2) is 4.79 Å². The molecule has 1 heterocycles. The Hall–Kier alpha value is -1.77. The van der Waals surface area contributed by atoms with E-state index in [1.54, 1.807) is 7.11 Å². The van der Waals surface area contributed by atoms with E-state index in [9.17, 15) is 4.79 Å². The van der Waals surface area contributed by atoms with Gasteiger partial charge < -0.3 is 9.47 Å². The van der Waals surface area contributed by atoms with Crippen molar-refractivity contribution in [2.24, 2.45) is 0 Å². The largest absolute Gasteiger partial charge is 0.497 e. The molecule has 0 atom stereocenters. The van der Waals surface area contributed by atoms with Gasteiger partial charge in [0.2, 0.25) is 0 Å². The SMILES string of the molecule is COc1ccc(CC2=CCCOC2=O)cc1. The summed E-state index contributed by atoms with van der Waals surface area (Å²) in [6, 6.07) is 7.71. The lowest BCUT2D eigenvalue weighted by molar-refractivity contribution is -0.139. The molecule has 2 rings (SSSR count). The molecule has 1 aromatic carbocycles. The number of hydrogen-bond donors (Lipinski definition) is 0. The zero-order chi connectivity index (χ0) is 11.4. The lowest BCUT2D eigenvalue weighted by Gasteiger charge is -2.12. The van der Waals surface area contributed by atoms with Crippen LogP contribution in [0.4, 0.5) is 0 Å². The van der Waals surface area contributed by atoms with Crippen LogP contribution in [0.3, 0.4) is 0 Å². The Balaban J connectivity index is 2.08. The number of carbonyl (C=O) groups excluding carboxylic acids is 1. The fraction of sp³-hybridized carbons (Fsp3) is 0.308. The van der Waals surface area contributed by atoms with E-state index in [1.807, 2.05) is 30.3 Å². The smallest absolute Gasteiger partial charge is 0.334 e. The van der Waals surface area contributed by atoms with Gasteiger partial charge >= 0.3 is 5.97 Å². The Morgan fingerprint density at radius 2 is 2.06 bits per heavy atom. The van der Waals surface area contributed by atoms with E-state index in [0.29, 0.717) is 13.0 Å². The average Bonchev–Trinajstić information content (AvgIpc) is 2.33. The summed E-state index contributed by atoms with van der Waals surface area (Å²) < 4.78 is 10.0. The number of ether oxygens (including phenoxy) is 2. The van der Waals surface area contributed by atoms with E-state index in [4.69, 9.17) is 9.47 Å². The third-order valence-electron chi connectivity index (χ3n) is 2.56. The van der Waals surface area contributed by atoms with E-state index >= 15 is 0 Å². The maximum absolute atomic E-state index is 11.4. The van der Waals surface area contributed by atoms with Crippen molar-refractivity contribution in [1.82, 2.24) is 0 Å². The summed E-state index contributed by atoms with van der Waals surface area (Å²) >= 11 is 0. The van der Waals surface area contributed by atoms with Gasteiger partial charge in [-0.2, -0.15) is 0 Å². The second-order valence-electron chi connectivity index (χ2n) is 3.68. The highest BCUT2D eigenvalue weighted by Gasteiger charge is 2.14. The third kappa shape index (κ3) is 2.42. The molecule has 0 aliphatic carbocycles. The molecule has 84 valence electrons. The molecule has 0 N–H and O–H groups in total. The number of methoxy groups -OCH3 is 1. The fourth-order valence-corrected chi connectivity index (χ4v) is 1.67. The van der Waals surface area contributed by atoms with Crippen molar-refractivity contribution in [3.05, 3.63) is 41.5 Å². The van der Waals surface area contributed by atoms with Crippen LogP contribution in [0.2, 0.25) is 0 Å². The van der Waals surface area contributed by atoms with Crippen LogP contribution in [0.1, 0.15) is 12.0 Å². The van der Waals surface area contributed by atoms with Crippen molar-refractivity contribution in [1.29, 1.82) is 0 Å². The summed E-state index contributed by atoms with van der Waals surface area (Å²) in [6.07, 6.45) is 3.40. The highest BCUT2D eigenvalue weighted by molar-refractivity contribution is 5.89. The van der Waals surface area contributed by atoms with E-state index in [-0.39, 0.29) is 5.97 Å². The summed E-state index contributed by atoms with van der Waals surface area (Å²) in [7, 11) is 1.63. The summed E-state index contributed by atoms with van der Waals surface area (Å²) in [6.45, 7) is 0.505. The van der Waals surface area contributed by atoms with Gasteiger partial charge in [0, 0.05) is 18.4 Å². The van der Waals surface area contributed by atoms with Crippen LogP contribution in [-0.2, 0) is 16.0 Å². The second kappa shape index (κ2) is 4.84. The molecule has 16 heavy (non-hydrogen) atoms. The molecule has 0 fully saturated rings. The Morgan fingerprint density at radius 3 is 2.69 bits per heavy atom. The number of hydrogen-bond acceptors (Lipinski definition) is 3. The van der Waals surface area contributed by atoms with E-state index in [0.717, 1.165) is 23.3 Å². The highest BCUT2D eigenvalue weighted by Crippen LogP contribution is 2.17. The van der Waals surface area contributed by atoms with E-state index in [2.05, 4.69) is 0 Å². The minimum atomic E-state index is -0.193. The topological polar surface area (TPSA) is 35.5 Å². The minimum absolute atomic E-state index is 0.193. The first kappa shape index (κ1) is 10.7. The molecule has 0 aromatic heterocycles. The summed E-state index contributed by atoms with van der Waals surface area (Å²) in [5.74, 6) is 0.631. The number of benzene rings is 1. The van der Waals surface area contributed by atoms with Gasteiger partial charge in [-0.15, -0.1) is 0 Å². The van der Waals surface area contributed by atoms with Crippen molar-refractivity contribution >= 4 is 5.97 Å². The van der Waals surface area contributed by atoms with Crippen molar-refractivity contribution in [2.45, 2.75) is 12.8 Å². The molecule has 3 heteroatoms. The molecule has 0 unspecified atom stereocenters. The normalized spacial score (nSPS) is 15.3. The van der Waals surface area contributed by atoms with Crippen LogP contribution < -0.4 is 4.74 Å². The molecule has 0 spiro atoms. The van der Waals surface area contributed by atoms with Crippen LogP contribution in [-0.4, -0.2) is 19.7 Å². The van der Waals surface area contributed by atoms with Crippen molar-refractivity contribution in [3.63, 3.8) is 0 Å². The van der Waals surface area contributed by atoms with Gasteiger partial charge in [0.05, 0.1) is 13.7 Å². The number of esters is 1. The maximum Gasteiger partial charge on any atom is 0.334 e. The fourth-order valence-electron chi connectivity index (χ4n) is 1.67. The predicted octanol–water partition coefficient (Wildman–Crippen LogP) is 2.11. The first-order chi connectivity index (χ1) is 7.79.